The summed E-state index contributed by atoms with van der Waals surface area (Å²) >= 11 is 0. The molecule has 0 aliphatic carbocycles. The third kappa shape index (κ3) is 4.76. The van der Waals surface area contributed by atoms with Crippen molar-refractivity contribution in [3.63, 3.8) is 0 Å². The average molecular weight is 749 g/mol. The first-order chi connectivity index (χ1) is 29.2. The number of rotatable bonds is 3. The number of hydrogen-bond donors (Lipinski definition) is 0. The maximum Gasteiger partial charge on any atom is 0.143 e. The van der Waals surface area contributed by atoms with Crippen LogP contribution in [0.3, 0.4) is 0 Å². The Labute approximate surface area is 338 Å². The molecular weight excluding hydrogens is 717 g/mol. The molecule has 0 atom stereocenters. The lowest BCUT2D eigenvalue weighted by Gasteiger charge is -2.15. The highest BCUT2D eigenvalue weighted by Crippen LogP contribution is 2.44. The Bertz CT molecular complexity index is 3890. The summed E-state index contributed by atoms with van der Waals surface area (Å²) in [5.74, 6) is 0. The quantitative estimate of drug-likeness (QED) is 0.169. The van der Waals surface area contributed by atoms with Crippen LogP contribution in [0.1, 0.15) is 0 Å². The minimum Gasteiger partial charge on any atom is -0.455 e. The van der Waals surface area contributed by atoms with E-state index in [0.29, 0.717) is 0 Å². The van der Waals surface area contributed by atoms with E-state index in [0.717, 1.165) is 54.7 Å². The molecule has 3 heterocycles. The molecule has 0 radical (unpaired) electrons. The Kier molecular flexibility index (Phi) is 6.72. The van der Waals surface area contributed by atoms with Crippen LogP contribution in [0.5, 0.6) is 0 Å². The van der Waals surface area contributed by atoms with Gasteiger partial charge in [-0.15, -0.1) is 0 Å². The van der Waals surface area contributed by atoms with Crippen molar-refractivity contribution >= 4 is 97.6 Å². The van der Waals surface area contributed by atoms with Gasteiger partial charge in [-0.2, -0.15) is 0 Å². The molecule has 10 aromatic carbocycles. The number of furan rings is 1. The summed E-state index contributed by atoms with van der Waals surface area (Å²) in [7, 11) is 0. The van der Waals surface area contributed by atoms with Gasteiger partial charge in [0.25, 0.3) is 0 Å². The molecule has 0 aliphatic heterocycles. The highest BCUT2D eigenvalue weighted by molar-refractivity contribution is 6.28. The Balaban J connectivity index is 0.974. The summed E-state index contributed by atoms with van der Waals surface area (Å²) in [4.78, 5) is 9.47. The summed E-state index contributed by atoms with van der Waals surface area (Å²) in [5.41, 5.74) is 10.8. The van der Waals surface area contributed by atoms with E-state index in [1.165, 1.54) is 76.3 Å². The zero-order chi connectivity index (χ0) is 38.6. The second-order valence-electron chi connectivity index (χ2n) is 15.7. The van der Waals surface area contributed by atoms with E-state index < -0.39 is 0 Å². The van der Waals surface area contributed by atoms with Crippen molar-refractivity contribution in [2.45, 2.75) is 0 Å². The lowest BCUT2D eigenvalue weighted by molar-refractivity contribution is 0.673. The minimum absolute atomic E-state index is 0.914. The molecule has 0 unspecified atom stereocenters. The molecule has 3 nitrogen and oxygen atoms in total. The van der Waals surface area contributed by atoms with Crippen molar-refractivity contribution < 1.29 is 4.42 Å². The standard InChI is InChI=1S/C56H32N2O/c1-2-13-40-37(9-1)31-49(46-24-25-48-45-16-5-6-17-52(45)59-56(48)53(40)46)36-11-7-10-34(29-36)35-19-21-43-44-22-20-38(32-51(44)42-15-4-3-14-41(42)50(43)30-35)39-26-28-58-55-47(39)23-18-33-12-8-27-57-54(33)55/h1-32H. The molecule has 59 heavy (non-hydrogen) atoms. The first-order valence-corrected chi connectivity index (χ1v) is 20.1. The highest BCUT2D eigenvalue weighted by Gasteiger charge is 2.18. The molecule has 3 heteroatoms. The molecule has 0 fully saturated rings. The second-order valence-corrected chi connectivity index (χ2v) is 15.7. The highest BCUT2D eigenvalue weighted by atomic mass is 16.3. The summed E-state index contributed by atoms with van der Waals surface area (Å²) in [6, 6.07) is 66.2. The van der Waals surface area contributed by atoms with Crippen molar-refractivity contribution in [2.75, 3.05) is 0 Å². The molecule has 13 aromatic rings. The van der Waals surface area contributed by atoms with Crippen molar-refractivity contribution in [3.05, 3.63) is 194 Å². The number of nitrogens with zero attached hydrogens (tertiary/aromatic N) is 2. The molecular formula is C56H32N2O. The van der Waals surface area contributed by atoms with Gasteiger partial charge < -0.3 is 4.42 Å². The van der Waals surface area contributed by atoms with Crippen molar-refractivity contribution in [2.24, 2.45) is 0 Å². The SMILES string of the molecule is c1cc(-c2ccc3c4ccc(-c5ccnc6c5ccc5cccnc56)cc4c4ccccc4c3c2)cc(-c2cc3ccccc3c3c2ccc2c4ccccc4oc23)c1. The summed E-state index contributed by atoms with van der Waals surface area (Å²) in [5, 5.41) is 16.7. The summed E-state index contributed by atoms with van der Waals surface area (Å²) in [6.07, 6.45) is 3.75. The van der Waals surface area contributed by atoms with Gasteiger partial charge in [-0.25, -0.2) is 0 Å². The van der Waals surface area contributed by atoms with Gasteiger partial charge in [0.05, 0.1) is 11.0 Å². The molecule has 272 valence electrons. The third-order valence-electron chi connectivity index (χ3n) is 12.5. The van der Waals surface area contributed by atoms with Crippen LogP contribution in [0, 0.1) is 0 Å². The average Bonchev–Trinajstić information content (AvgIpc) is 3.70. The smallest absolute Gasteiger partial charge is 0.143 e. The Hall–Kier alpha value is -7.88. The fourth-order valence-electron chi connectivity index (χ4n) is 9.78. The Morgan fingerprint density at radius 2 is 0.915 bits per heavy atom. The van der Waals surface area contributed by atoms with Gasteiger partial charge in [-0.1, -0.05) is 133 Å². The third-order valence-corrected chi connectivity index (χ3v) is 12.5. The molecule has 0 amide bonds. The van der Waals surface area contributed by atoms with Crippen molar-refractivity contribution in [3.8, 4) is 33.4 Å². The summed E-state index contributed by atoms with van der Waals surface area (Å²) < 4.78 is 6.62. The molecule has 0 bridgehead atoms. The molecule has 0 saturated heterocycles. The predicted molar refractivity (Wildman–Crippen MR) is 248 cm³/mol. The van der Waals surface area contributed by atoms with E-state index in [-0.39, 0.29) is 0 Å². The van der Waals surface area contributed by atoms with Gasteiger partial charge in [-0.05, 0) is 130 Å². The molecule has 0 aliphatic rings. The summed E-state index contributed by atoms with van der Waals surface area (Å²) in [6.45, 7) is 0. The number of benzene rings is 10. The monoisotopic (exact) mass is 748 g/mol. The van der Waals surface area contributed by atoms with Crippen LogP contribution < -0.4 is 0 Å². The lowest BCUT2D eigenvalue weighted by atomic mass is 9.89. The van der Waals surface area contributed by atoms with Crippen LogP contribution in [-0.2, 0) is 0 Å². The Morgan fingerprint density at radius 3 is 1.78 bits per heavy atom. The van der Waals surface area contributed by atoms with E-state index in [2.05, 4.69) is 170 Å². The van der Waals surface area contributed by atoms with Crippen molar-refractivity contribution in [1.29, 1.82) is 0 Å². The topological polar surface area (TPSA) is 38.9 Å². The van der Waals surface area contributed by atoms with Gasteiger partial charge in [0, 0.05) is 39.3 Å². The Morgan fingerprint density at radius 1 is 0.305 bits per heavy atom. The maximum absolute atomic E-state index is 6.62. The van der Waals surface area contributed by atoms with Crippen LogP contribution in [0.4, 0.5) is 0 Å². The lowest BCUT2D eigenvalue weighted by Crippen LogP contribution is -1.89. The van der Waals surface area contributed by atoms with Crippen LogP contribution in [0.15, 0.2) is 199 Å². The van der Waals surface area contributed by atoms with Gasteiger partial charge in [0.2, 0.25) is 0 Å². The van der Waals surface area contributed by atoms with Crippen LogP contribution in [-0.4, -0.2) is 9.97 Å². The normalized spacial score (nSPS) is 12.1. The number of aromatic nitrogens is 2. The van der Waals surface area contributed by atoms with Crippen LogP contribution >= 0.6 is 0 Å². The maximum atomic E-state index is 6.62. The molecule has 0 N–H and O–H groups in total. The van der Waals surface area contributed by atoms with Crippen LogP contribution in [0.25, 0.3) is 131 Å². The van der Waals surface area contributed by atoms with Crippen LogP contribution in [0.2, 0.25) is 0 Å². The molecule has 0 saturated carbocycles. The van der Waals surface area contributed by atoms with Crippen molar-refractivity contribution in [1.82, 2.24) is 9.97 Å². The number of para-hydroxylation sites is 1. The number of hydrogen-bond acceptors (Lipinski definition) is 3. The second kappa shape index (κ2) is 12.3. The van der Waals surface area contributed by atoms with E-state index in [1.54, 1.807) is 0 Å². The fraction of sp³-hybridized carbons (Fsp3) is 0. The molecule has 0 spiro atoms. The minimum atomic E-state index is 0.914. The largest absolute Gasteiger partial charge is 0.455 e. The van der Waals surface area contributed by atoms with E-state index >= 15 is 0 Å². The van der Waals surface area contributed by atoms with E-state index in [4.69, 9.17) is 14.4 Å². The molecule has 3 aromatic heterocycles. The number of pyridine rings is 2. The zero-order valence-corrected chi connectivity index (χ0v) is 31.8. The van der Waals surface area contributed by atoms with Gasteiger partial charge in [-0.3, -0.25) is 9.97 Å². The van der Waals surface area contributed by atoms with Gasteiger partial charge in [0.1, 0.15) is 11.2 Å². The predicted octanol–water partition coefficient (Wildman–Crippen LogP) is 15.4. The van der Waals surface area contributed by atoms with Gasteiger partial charge >= 0.3 is 0 Å². The van der Waals surface area contributed by atoms with E-state index in [1.807, 2.05) is 24.5 Å². The van der Waals surface area contributed by atoms with E-state index in [9.17, 15) is 0 Å². The first kappa shape index (κ1) is 32.2. The zero-order valence-electron chi connectivity index (χ0n) is 31.8. The molecule has 13 rings (SSSR count). The fourth-order valence-corrected chi connectivity index (χ4v) is 9.78. The first-order valence-electron chi connectivity index (χ1n) is 20.1. The number of fused-ring (bicyclic) bond motifs is 16. The van der Waals surface area contributed by atoms with Gasteiger partial charge in [0.15, 0.2) is 0 Å².